The number of amides is 1. The molecule has 2 atom stereocenters. The Morgan fingerprint density at radius 3 is 2.63 bits per heavy atom. The van der Waals surface area contributed by atoms with E-state index in [0.29, 0.717) is 0 Å². The van der Waals surface area contributed by atoms with Crippen LogP contribution in [0.15, 0.2) is 24.3 Å². The first-order valence-corrected chi connectivity index (χ1v) is 6.92. The van der Waals surface area contributed by atoms with Gasteiger partial charge >= 0.3 is 0 Å². The first-order chi connectivity index (χ1) is 9.08. The predicted molar refractivity (Wildman–Crippen MR) is 73.0 cm³/mol. The van der Waals surface area contributed by atoms with E-state index in [1.165, 1.54) is 12.1 Å². The number of nitrogens with one attached hydrogen (secondary N) is 1. The molecular weight excluding hydrogens is 243 g/mol. The lowest BCUT2D eigenvalue weighted by molar-refractivity contribution is -0.132. The fraction of sp³-hybridized carbons (Fsp3) is 0.533. The van der Waals surface area contributed by atoms with Crippen molar-refractivity contribution < 1.29 is 9.18 Å². The minimum Gasteiger partial charge on any atom is -0.319 e. The molecule has 1 saturated heterocycles. The van der Waals surface area contributed by atoms with E-state index >= 15 is 0 Å². The summed E-state index contributed by atoms with van der Waals surface area (Å²) < 4.78 is 13.4. The Balaban J connectivity index is 2.34. The van der Waals surface area contributed by atoms with Gasteiger partial charge in [-0.25, -0.2) is 4.39 Å². The Bertz CT molecular complexity index is 459. The first-order valence-electron chi connectivity index (χ1n) is 6.92. The SMILES string of the molecule is CCC(CC)N1C(=O)C(C)NC1c1cccc(F)c1. The topological polar surface area (TPSA) is 32.3 Å². The van der Waals surface area contributed by atoms with Gasteiger partial charge in [0.25, 0.3) is 0 Å². The van der Waals surface area contributed by atoms with Crippen molar-refractivity contribution in [3.05, 3.63) is 35.6 Å². The van der Waals surface area contributed by atoms with Crippen LogP contribution < -0.4 is 5.32 Å². The molecule has 19 heavy (non-hydrogen) atoms. The lowest BCUT2D eigenvalue weighted by Gasteiger charge is -2.31. The smallest absolute Gasteiger partial charge is 0.241 e. The Kier molecular flexibility index (Phi) is 4.20. The van der Waals surface area contributed by atoms with Crippen molar-refractivity contribution in [3.8, 4) is 0 Å². The van der Waals surface area contributed by atoms with E-state index < -0.39 is 0 Å². The van der Waals surface area contributed by atoms with Crippen LogP contribution in [0.2, 0.25) is 0 Å². The predicted octanol–water partition coefficient (Wildman–Crippen LogP) is 2.83. The number of hydrogen-bond donors (Lipinski definition) is 1. The number of nitrogens with zero attached hydrogens (tertiary/aromatic N) is 1. The van der Waals surface area contributed by atoms with E-state index in [-0.39, 0.29) is 30.0 Å². The van der Waals surface area contributed by atoms with Crippen molar-refractivity contribution in [2.45, 2.75) is 51.9 Å². The number of carbonyl (C=O) groups is 1. The average Bonchev–Trinajstić information content (AvgIpc) is 2.69. The number of hydrogen-bond acceptors (Lipinski definition) is 2. The van der Waals surface area contributed by atoms with E-state index in [0.717, 1.165) is 18.4 Å². The zero-order valence-corrected chi connectivity index (χ0v) is 11.7. The van der Waals surface area contributed by atoms with Crippen LogP contribution in [0.1, 0.15) is 45.3 Å². The maximum absolute atomic E-state index is 13.4. The van der Waals surface area contributed by atoms with Gasteiger partial charge in [-0.3, -0.25) is 10.1 Å². The number of carbonyl (C=O) groups excluding carboxylic acids is 1. The molecule has 3 nitrogen and oxygen atoms in total. The molecule has 2 unspecified atom stereocenters. The molecule has 0 radical (unpaired) electrons. The van der Waals surface area contributed by atoms with Crippen LogP contribution in [-0.2, 0) is 4.79 Å². The van der Waals surface area contributed by atoms with Crippen molar-refractivity contribution in [2.24, 2.45) is 0 Å². The minimum atomic E-state index is -0.268. The van der Waals surface area contributed by atoms with Crippen LogP contribution in [0, 0.1) is 5.82 Å². The maximum atomic E-state index is 13.4. The zero-order valence-electron chi connectivity index (χ0n) is 11.7. The summed E-state index contributed by atoms with van der Waals surface area (Å²) in [5, 5.41) is 3.26. The molecule has 4 heteroatoms. The van der Waals surface area contributed by atoms with Crippen molar-refractivity contribution in [1.29, 1.82) is 0 Å². The highest BCUT2D eigenvalue weighted by Crippen LogP contribution is 2.29. The second-order valence-electron chi connectivity index (χ2n) is 5.06. The van der Waals surface area contributed by atoms with Gasteiger partial charge in [0.15, 0.2) is 0 Å². The summed E-state index contributed by atoms with van der Waals surface area (Å²) in [7, 11) is 0. The molecule has 1 N–H and O–H groups in total. The van der Waals surface area contributed by atoms with Crippen LogP contribution in [0.3, 0.4) is 0 Å². The van der Waals surface area contributed by atoms with Gasteiger partial charge in [0, 0.05) is 6.04 Å². The molecule has 0 aliphatic carbocycles. The molecule has 1 aromatic rings. The van der Waals surface area contributed by atoms with E-state index in [4.69, 9.17) is 0 Å². The monoisotopic (exact) mass is 264 g/mol. The molecule has 104 valence electrons. The van der Waals surface area contributed by atoms with Gasteiger partial charge in [-0.1, -0.05) is 26.0 Å². The lowest BCUT2D eigenvalue weighted by Crippen LogP contribution is -2.39. The molecule has 0 spiro atoms. The van der Waals surface area contributed by atoms with E-state index in [1.807, 2.05) is 17.9 Å². The number of halogens is 1. The molecular formula is C15H21FN2O. The van der Waals surface area contributed by atoms with Gasteiger partial charge in [0.1, 0.15) is 12.0 Å². The van der Waals surface area contributed by atoms with Crippen LogP contribution in [0.4, 0.5) is 4.39 Å². The summed E-state index contributed by atoms with van der Waals surface area (Å²) in [6.45, 7) is 6.01. The van der Waals surface area contributed by atoms with Crippen LogP contribution >= 0.6 is 0 Å². The highest BCUT2D eigenvalue weighted by atomic mass is 19.1. The molecule has 0 saturated carbocycles. The summed E-state index contributed by atoms with van der Waals surface area (Å²) in [5.74, 6) is -0.168. The van der Waals surface area contributed by atoms with Crippen LogP contribution in [-0.4, -0.2) is 22.9 Å². The van der Waals surface area contributed by atoms with E-state index in [9.17, 15) is 9.18 Å². The Morgan fingerprint density at radius 1 is 1.37 bits per heavy atom. The van der Waals surface area contributed by atoms with Crippen molar-refractivity contribution >= 4 is 5.91 Å². The summed E-state index contributed by atoms with van der Waals surface area (Å²) in [4.78, 5) is 14.2. The third-order valence-corrected chi connectivity index (χ3v) is 3.81. The Hall–Kier alpha value is -1.42. The molecule has 1 aliphatic heterocycles. The largest absolute Gasteiger partial charge is 0.319 e. The van der Waals surface area contributed by atoms with Gasteiger partial charge in [0.05, 0.1) is 6.04 Å². The van der Waals surface area contributed by atoms with Crippen molar-refractivity contribution in [1.82, 2.24) is 10.2 Å². The summed E-state index contributed by atoms with van der Waals surface area (Å²) >= 11 is 0. The van der Waals surface area contributed by atoms with Crippen molar-refractivity contribution in [2.75, 3.05) is 0 Å². The van der Waals surface area contributed by atoms with Crippen molar-refractivity contribution in [3.63, 3.8) is 0 Å². The Labute approximate surface area is 113 Å². The summed E-state index contributed by atoms with van der Waals surface area (Å²) in [6, 6.07) is 6.45. The Morgan fingerprint density at radius 2 is 2.05 bits per heavy atom. The molecule has 1 aromatic carbocycles. The molecule has 1 heterocycles. The first kappa shape index (κ1) is 14.0. The third kappa shape index (κ3) is 2.63. The normalized spacial score (nSPS) is 23.4. The van der Waals surface area contributed by atoms with Crippen LogP contribution in [0.5, 0.6) is 0 Å². The van der Waals surface area contributed by atoms with E-state index in [2.05, 4.69) is 19.2 Å². The van der Waals surface area contributed by atoms with Gasteiger partial charge in [-0.2, -0.15) is 0 Å². The summed E-state index contributed by atoms with van der Waals surface area (Å²) in [6.07, 6.45) is 1.59. The molecule has 0 aromatic heterocycles. The van der Waals surface area contributed by atoms with Gasteiger partial charge in [-0.15, -0.1) is 0 Å². The van der Waals surface area contributed by atoms with E-state index in [1.54, 1.807) is 6.07 Å². The molecule has 1 amide bonds. The van der Waals surface area contributed by atoms with Gasteiger partial charge in [0.2, 0.25) is 5.91 Å². The third-order valence-electron chi connectivity index (χ3n) is 3.81. The molecule has 1 aliphatic rings. The second-order valence-corrected chi connectivity index (χ2v) is 5.06. The fourth-order valence-corrected chi connectivity index (χ4v) is 2.75. The number of benzene rings is 1. The highest BCUT2D eigenvalue weighted by molar-refractivity contribution is 5.84. The molecule has 2 rings (SSSR count). The fourth-order valence-electron chi connectivity index (χ4n) is 2.75. The van der Waals surface area contributed by atoms with Gasteiger partial charge < -0.3 is 4.90 Å². The quantitative estimate of drug-likeness (QED) is 0.907. The standard InChI is InChI=1S/C15H21FN2O/c1-4-13(5-2)18-14(17-10(3)15(18)19)11-7-6-8-12(16)9-11/h6-10,13-14,17H,4-5H2,1-3H3. The lowest BCUT2D eigenvalue weighted by atomic mass is 10.1. The minimum absolute atomic E-state index is 0.1000. The van der Waals surface area contributed by atoms with Gasteiger partial charge in [-0.05, 0) is 37.5 Å². The second kappa shape index (κ2) is 5.70. The number of rotatable bonds is 4. The molecule has 1 fully saturated rings. The highest BCUT2D eigenvalue weighted by Gasteiger charge is 2.40. The summed E-state index contributed by atoms with van der Waals surface area (Å²) in [5.41, 5.74) is 0.810. The zero-order chi connectivity index (χ0) is 14.0. The van der Waals surface area contributed by atoms with Crippen LogP contribution in [0.25, 0.3) is 0 Å². The average molecular weight is 264 g/mol. The maximum Gasteiger partial charge on any atom is 0.241 e. The molecule has 0 bridgehead atoms.